The Bertz CT molecular complexity index is 2100. The molecular formula is C41H44F3N7O2. The highest BCUT2D eigenvalue weighted by Crippen LogP contribution is 2.44. The Morgan fingerprint density at radius 3 is 2.51 bits per heavy atom. The molecule has 1 saturated carbocycles. The minimum Gasteiger partial charge on any atom is -0.331 e. The third kappa shape index (κ3) is 7.46. The Morgan fingerprint density at radius 1 is 1.02 bits per heavy atom. The van der Waals surface area contributed by atoms with Crippen LogP contribution in [-0.2, 0) is 30.9 Å². The smallest absolute Gasteiger partial charge is 0.331 e. The van der Waals surface area contributed by atoms with Crippen molar-refractivity contribution in [2.45, 2.75) is 76.6 Å². The van der Waals surface area contributed by atoms with Crippen molar-refractivity contribution in [2.75, 3.05) is 36.4 Å². The first-order valence-corrected chi connectivity index (χ1v) is 18.6. The summed E-state index contributed by atoms with van der Waals surface area (Å²) in [6.45, 7) is 5.19. The molecule has 0 bridgehead atoms. The summed E-state index contributed by atoms with van der Waals surface area (Å²) < 4.78 is 45.2. The number of anilines is 2. The van der Waals surface area contributed by atoms with Crippen molar-refractivity contribution in [1.29, 1.82) is 5.26 Å². The standard InChI is InChI=1S/C41H44F3N7O2/c1-3-38-47-35-23-32(33(41(42,43)44)24-37(35)49(38)2)30-8-6-9-36-31(30)17-21-51(36)40(53)26-11-16-34(27(22-26)25-45)48-39(52)10-7-18-46-28-12-14-29(15-13-28)50-19-4-5-20-50/h6-11,16,22-24,28-29,46H,3-5,12-15,17-21H2,1-2H3,(H,48,52)/b10-7+. The first-order chi connectivity index (χ1) is 25.5. The van der Waals surface area contributed by atoms with Gasteiger partial charge in [-0.25, -0.2) is 4.98 Å². The van der Waals surface area contributed by atoms with Crippen LogP contribution in [-0.4, -0.2) is 64.5 Å². The number of imidazole rings is 1. The Hall–Kier alpha value is -4.99. The van der Waals surface area contributed by atoms with E-state index in [9.17, 15) is 28.0 Å². The average molecular weight is 724 g/mol. The Kier molecular flexibility index (Phi) is 10.4. The third-order valence-corrected chi connectivity index (χ3v) is 11.1. The van der Waals surface area contributed by atoms with E-state index in [1.807, 2.05) is 6.92 Å². The second kappa shape index (κ2) is 15.2. The van der Waals surface area contributed by atoms with Gasteiger partial charge in [0.25, 0.3) is 5.91 Å². The molecule has 0 unspecified atom stereocenters. The van der Waals surface area contributed by atoms with Gasteiger partial charge in [0.1, 0.15) is 11.9 Å². The van der Waals surface area contributed by atoms with Crippen LogP contribution >= 0.6 is 0 Å². The maximum atomic E-state index is 14.5. The number of aryl methyl sites for hydroxylation is 2. The van der Waals surface area contributed by atoms with Crippen molar-refractivity contribution < 1.29 is 22.8 Å². The highest BCUT2D eigenvalue weighted by Gasteiger charge is 2.37. The van der Waals surface area contributed by atoms with Crippen molar-refractivity contribution >= 4 is 34.2 Å². The minimum absolute atomic E-state index is 0.0219. The summed E-state index contributed by atoms with van der Waals surface area (Å²) in [5.41, 5.74) is 2.35. The number of benzene rings is 3. The maximum absolute atomic E-state index is 14.5. The van der Waals surface area contributed by atoms with Crippen LogP contribution in [0.1, 0.15) is 78.3 Å². The Labute approximate surface area is 307 Å². The van der Waals surface area contributed by atoms with Crippen LogP contribution in [0.15, 0.2) is 60.7 Å². The van der Waals surface area contributed by atoms with Gasteiger partial charge in [0.2, 0.25) is 5.91 Å². The Balaban J connectivity index is 1.02. The number of rotatable bonds is 9. The first-order valence-electron chi connectivity index (χ1n) is 18.6. The number of halogens is 3. The largest absolute Gasteiger partial charge is 0.417 e. The van der Waals surface area contributed by atoms with Crippen LogP contribution in [0, 0.1) is 11.3 Å². The number of hydrogen-bond donors (Lipinski definition) is 2. The van der Waals surface area contributed by atoms with Crippen molar-refractivity contribution in [2.24, 2.45) is 7.05 Å². The van der Waals surface area contributed by atoms with E-state index in [4.69, 9.17) is 0 Å². The van der Waals surface area contributed by atoms with Gasteiger partial charge in [0, 0.05) is 56.0 Å². The molecule has 276 valence electrons. The Morgan fingerprint density at radius 2 is 1.79 bits per heavy atom. The molecule has 1 saturated heterocycles. The van der Waals surface area contributed by atoms with Gasteiger partial charge in [-0.05, 0) is 111 Å². The highest BCUT2D eigenvalue weighted by atomic mass is 19.4. The van der Waals surface area contributed by atoms with Crippen LogP contribution in [0.2, 0.25) is 0 Å². The molecule has 3 aliphatic rings. The fourth-order valence-corrected chi connectivity index (χ4v) is 8.32. The fraction of sp³-hybridized carbons (Fsp3) is 0.415. The number of amides is 2. The molecule has 2 N–H and O–H groups in total. The lowest BCUT2D eigenvalue weighted by Crippen LogP contribution is -2.41. The zero-order valence-electron chi connectivity index (χ0n) is 30.1. The van der Waals surface area contributed by atoms with Crippen molar-refractivity contribution in [3.63, 3.8) is 0 Å². The number of aromatic nitrogens is 2. The predicted octanol–water partition coefficient (Wildman–Crippen LogP) is 7.39. The number of hydrogen-bond acceptors (Lipinski definition) is 6. The zero-order valence-corrected chi connectivity index (χ0v) is 30.1. The van der Waals surface area contributed by atoms with Gasteiger partial charge in [-0.3, -0.25) is 9.59 Å². The first kappa shape index (κ1) is 36.4. The van der Waals surface area contributed by atoms with E-state index in [1.54, 1.807) is 42.0 Å². The quantitative estimate of drug-likeness (QED) is 0.175. The maximum Gasteiger partial charge on any atom is 0.417 e. The van der Waals surface area contributed by atoms with Gasteiger partial charge in [0.15, 0.2) is 0 Å². The summed E-state index contributed by atoms with van der Waals surface area (Å²) in [4.78, 5) is 35.3. The minimum atomic E-state index is -4.61. The molecule has 0 atom stereocenters. The lowest BCUT2D eigenvalue weighted by molar-refractivity contribution is -0.137. The molecule has 0 spiro atoms. The van der Waals surface area contributed by atoms with E-state index < -0.39 is 11.7 Å². The van der Waals surface area contributed by atoms with Gasteiger partial charge < -0.3 is 25.0 Å². The van der Waals surface area contributed by atoms with E-state index in [0.29, 0.717) is 65.1 Å². The van der Waals surface area contributed by atoms with E-state index in [-0.39, 0.29) is 40.7 Å². The number of nitrogens with zero attached hydrogens (tertiary/aromatic N) is 5. The summed E-state index contributed by atoms with van der Waals surface area (Å²) in [7, 11) is 1.72. The monoisotopic (exact) mass is 723 g/mol. The summed E-state index contributed by atoms with van der Waals surface area (Å²) in [6.07, 6.45) is 6.83. The van der Waals surface area contributed by atoms with Gasteiger partial charge >= 0.3 is 6.18 Å². The van der Waals surface area contributed by atoms with Gasteiger partial charge in [-0.1, -0.05) is 25.1 Å². The lowest BCUT2D eigenvalue weighted by Gasteiger charge is -2.34. The molecule has 9 nitrogen and oxygen atoms in total. The van der Waals surface area contributed by atoms with E-state index in [1.165, 1.54) is 67.9 Å². The van der Waals surface area contributed by atoms with Crippen LogP contribution in [0.5, 0.6) is 0 Å². The molecular weight excluding hydrogens is 679 g/mol. The number of likely N-dealkylation sites (tertiary alicyclic amines) is 1. The van der Waals surface area contributed by atoms with Crippen molar-refractivity contribution in [1.82, 2.24) is 19.8 Å². The van der Waals surface area contributed by atoms with Crippen molar-refractivity contribution in [3.8, 4) is 17.2 Å². The fourth-order valence-electron chi connectivity index (χ4n) is 8.32. The molecule has 2 amide bonds. The van der Waals surface area contributed by atoms with Crippen LogP contribution in [0.4, 0.5) is 24.5 Å². The highest BCUT2D eigenvalue weighted by molar-refractivity contribution is 6.09. The summed E-state index contributed by atoms with van der Waals surface area (Å²) >= 11 is 0. The van der Waals surface area contributed by atoms with Crippen molar-refractivity contribution in [3.05, 3.63) is 88.8 Å². The molecule has 0 radical (unpaired) electrons. The van der Waals surface area contributed by atoms with Gasteiger partial charge in [0.05, 0.1) is 27.8 Å². The number of nitriles is 1. The number of fused-ring (bicyclic) bond motifs is 2. The molecule has 3 aromatic carbocycles. The molecule has 7 rings (SSSR count). The third-order valence-electron chi connectivity index (χ3n) is 11.1. The van der Waals surface area contributed by atoms with E-state index in [0.717, 1.165) is 18.9 Å². The molecule has 1 aliphatic carbocycles. The number of carbonyl (C=O) groups is 2. The molecule has 2 aliphatic heterocycles. The summed E-state index contributed by atoms with van der Waals surface area (Å²) in [5.74, 6) is -0.0827. The lowest BCUT2D eigenvalue weighted by atomic mass is 9.90. The molecule has 1 aromatic heterocycles. The van der Waals surface area contributed by atoms with Crippen LogP contribution in [0.25, 0.3) is 22.2 Å². The average Bonchev–Trinajstić information content (AvgIpc) is 3.92. The molecule has 3 heterocycles. The molecule has 53 heavy (non-hydrogen) atoms. The van der Waals surface area contributed by atoms with E-state index >= 15 is 0 Å². The molecule has 12 heteroatoms. The van der Waals surface area contributed by atoms with Crippen LogP contribution in [0.3, 0.4) is 0 Å². The second-order valence-electron chi connectivity index (χ2n) is 14.3. The second-order valence-corrected chi connectivity index (χ2v) is 14.3. The molecule has 2 fully saturated rings. The van der Waals surface area contributed by atoms with Gasteiger partial charge in [-0.15, -0.1) is 0 Å². The number of alkyl halides is 3. The number of nitrogens with one attached hydrogen (secondary N) is 2. The van der Waals surface area contributed by atoms with Gasteiger partial charge in [-0.2, -0.15) is 18.4 Å². The normalized spacial score (nSPS) is 19.2. The number of carbonyl (C=O) groups excluding carboxylic acids is 2. The SMILES string of the molecule is CCc1nc2cc(-c3cccc4c3CCN4C(=O)c3ccc(NC(=O)/C=C/CNC4CCC(N5CCCC5)CC4)c(C#N)c3)c(C(F)(F)F)cc2n1C. The summed E-state index contributed by atoms with van der Waals surface area (Å²) in [5, 5.41) is 16.2. The predicted molar refractivity (Wildman–Crippen MR) is 200 cm³/mol. The topological polar surface area (TPSA) is 106 Å². The molecule has 4 aromatic rings. The van der Waals surface area contributed by atoms with Crippen LogP contribution < -0.4 is 15.5 Å². The van der Waals surface area contributed by atoms with E-state index in [2.05, 4.69) is 26.6 Å². The summed E-state index contributed by atoms with van der Waals surface area (Å²) in [6, 6.07) is 15.4. The zero-order chi connectivity index (χ0) is 37.3.